The van der Waals surface area contributed by atoms with Gasteiger partial charge in [-0.1, -0.05) is 62.4 Å². The summed E-state index contributed by atoms with van der Waals surface area (Å²) in [6.45, 7) is 3.91. The van der Waals surface area contributed by atoms with Crippen LogP contribution in [-0.4, -0.2) is 41.8 Å². The molecular weight excluding hydrogens is 420 g/mol. The Balaban J connectivity index is 1.67. The highest BCUT2D eigenvalue weighted by Gasteiger charge is 2.30. The number of nitrogens with one attached hydrogen (secondary N) is 2. The number of benzene rings is 2. The minimum absolute atomic E-state index is 0.0746. The fourth-order valence-corrected chi connectivity index (χ4v) is 4.08. The molecule has 1 unspecified atom stereocenters. The van der Waals surface area contributed by atoms with Gasteiger partial charge in [-0.3, -0.25) is 4.79 Å². The third-order valence-electron chi connectivity index (χ3n) is 5.60. The van der Waals surface area contributed by atoms with Crippen LogP contribution in [0.25, 0.3) is 11.1 Å². The van der Waals surface area contributed by atoms with Crippen molar-refractivity contribution in [1.29, 1.82) is 0 Å². The lowest BCUT2D eigenvalue weighted by Gasteiger charge is -2.22. The number of hydrogen-bond acceptors (Lipinski definition) is 4. The molecule has 2 amide bonds. The Morgan fingerprint density at radius 1 is 1.00 bits per heavy atom. The van der Waals surface area contributed by atoms with Crippen LogP contribution in [0, 0.1) is 18.3 Å². The van der Waals surface area contributed by atoms with E-state index in [1.807, 2.05) is 62.4 Å². The number of fused-ring (bicyclic) bond motifs is 3. The Morgan fingerprint density at radius 2 is 1.58 bits per heavy atom. The second-order valence-electron chi connectivity index (χ2n) is 8.46. The molecule has 7 nitrogen and oxygen atoms in total. The molecule has 0 saturated heterocycles. The number of rotatable bonds is 9. The maximum absolute atomic E-state index is 12.7. The monoisotopic (exact) mass is 448 g/mol. The summed E-state index contributed by atoms with van der Waals surface area (Å²) in [5, 5.41) is 14.2. The van der Waals surface area contributed by atoms with Crippen LogP contribution in [0.5, 0.6) is 0 Å². The smallest absolute Gasteiger partial charge is 0.407 e. The van der Waals surface area contributed by atoms with Gasteiger partial charge in [-0.25, -0.2) is 9.59 Å². The Morgan fingerprint density at radius 3 is 2.09 bits per heavy atom. The summed E-state index contributed by atoms with van der Waals surface area (Å²) in [6, 6.07) is 13.8. The van der Waals surface area contributed by atoms with Gasteiger partial charge in [-0.15, -0.1) is 12.3 Å². The van der Waals surface area contributed by atoms with E-state index < -0.39 is 30.1 Å². The number of terminal acetylenes is 1. The van der Waals surface area contributed by atoms with E-state index >= 15 is 0 Å². The van der Waals surface area contributed by atoms with Gasteiger partial charge in [-0.2, -0.15) is 0 Å². The normalized spacial score (nSPS) is 13.9. The van der Waals surface area contributed by atoms with E-state index in [-0.39, 0.29) is 24.9 Å². The van der Waals surface area contributed by atoms with Gasteiger partial charge in [0.25, 0.3) is 0 Å². The number of carboxylic acids is 1. The standard InChI is InChI=1S/C26H28N2O5/c1-4-9-22(25(30)31)27-24(29)23(14-16(2)3)28-26(32)33-15-21-19-12-7-5-10-17(19)18-11-6-8-13-20(18)21/h1,5-8,10-13,16,21-23H,9,14-15H2,2-3H3,(H,27,29)(H,28,32)(H,30,31)/t22?,23-/m0/s1. The summed E-state index contributed by atoms with van der Waals surface area (Å²) < 4.78 is 5.52. The molecule has 0 bridgehead atoms. The van der Waals surface area contributed by atoms with Crippen LogP contribution < -0.4 is 10.6 Å². The second-order valence-corrected chi connectivity index (χ2v) is 8.46. The van der Waals surface area contributed by atoms with Crippen LogP contribution in [0.3, 0.4) is 0 Å². The van der Waals surface area contributed by atoms with Crippen molar-refractivity contribution < 1.29 is 24.2 Å². The summed E-state index contributed by atoms with van der Waals surface area (Å²) in [7, 11) is 0. The maximum Gasteiger partial charge on any atom is 0.407 e. The van der Waals surface area contributed by atoms with E-state index in [1.165, 1.54) is 0 Å². The molecular formula is C26H28N2O5. The highest BCUT2D eigenvalue weighted by molar-refractivity contribution is 5.89. The van der Waals surface area contributed by atoms with Crippen LogP contribution in [0.1, 0.15) is 43.7 Å². The number of ether oxygens (including phenoxy) is 1. The first-order valence-corrected chi connectivity index (χ1v) is 10.9. The zero-order valence-electron chi connectivity index (χ0n) is 18.7. The molecule has 0 radical (unpaired) electrons. The van der Waals surface area contributed by atoms with Gasteiger partial charge < -0.3 is 20.5 Å². The molecule has 2 atom stereocenters. The first kappa shape index (κ1) is 23.9. The van der Waals surface area contributed by atoms with E-state index in [1.54, 1.807) is 0 Å². The first-order chi connectivity index (χ1) is 15.8. The Hall–Kier alpha value is -3.79. The van der Waals surface area contributed by atoms with E-state index in [0.717, 1.165) is 22.3 Å². The Kier molecular flexibility index (Phi) is 7.73. The largest absolute Gasteiger partial charge is 0.480 e. The van der Waals surface area contributed by atoms with Crippen molar-refractivity contribution in [2.24, 2.45) is 5.92 Å². The lowest BCUT2D eigenvalue weighted by molar-refractivity contribution is -0.142. The van der Waals surface area contributed by atoms with Gasteiger partial charge in [-0.05, 0) is 34.6 Å². The molecule has 0 aliphatic heterocycles. The average Bonchev–Trinajstić information content (AvgIpc) is 3.10. The molecule has 3 rings (SSSR count). The zero-order chi connectivity index (χ0) is 24.0. The lowest BCUT2D eigenvalue weighted by Crippen LogP contribution is -2.52. The molecule has 2 aromatic carbocycles. The number of alkyl carbamates (subject to hydrolysis) is 1. The van der Waals surface area contributed by atoms with Crippen molar-refractivity contribution >= 4 is 18.0 Å². The summed E-state index contributed by atoms with van der Waals surface area (Å²) >= 11 is 0. The van der Waals surface area contributed by atoms with Crippen molar-refractivity contribution in [3.63, 3.8) is 0 Å². The third-order valence-corrected chi connectivity index (χ3v) is 5.60. The van der Waals surface area contributed by atoms with Crippen molar-refractivity contribution in [2.75, 3.05) is 6.61 Å². The highest BCUT2D eigenvalue weighted by Crippen LogP contribution is 2.44. The van der Waals surface area contributed by atoms with Gasteiger partial charge in [0.1, 0.15) is 18.7 Å². The minimum atomic E-state index is -1.23. The van der Waals surface area contributed by atoms with Crippen molar-refractivity contribution in [3.8, 4) is 23.5 Å². The fourth-order valence-electron chi connectivity index (χ4n) is 4.08. The Labute approximate surface area is 193 Å². The number of aliphatic carboxylic acids is 1. The molecule has 1 aliphatic rings. The highest BCUT2D eigenvalue weighted by atomic mass is 16.5. The number of carbonyl (C=O) groups excluding carboxylic acids is 2. The first-order valence-electron chi connectivity index (χ1n) is 10.9. The molecule has 172 valence electrons. The van der Waals surface area contributed by atoms with Gasteiger partial charge in [0, 0.05) is 12.3 Å². The summed E-state index contributed by atoms with van der Waals surface area (Å²) in [5.41, 5.74) is 4.41. The van der Waals surface area contributed by atoms with Gasteiger partial charge in [0.15, 0.2) is 0 Å². The van der Waals surface area contributed by atoms with E-state index in [2.05, 4.69) is 16.6 Å². The van der Waals surface area contributed by atoms with E-state index in [4.69, 9.17) is 11.2 Å². The van der Waals surface area contributed by atoms with Crippen LogP contribution in [-0.2, 0) is 14.3 Å². The molecule has 7 heteroatoms. The number of carboxylic acid groups (broad SMARTS) is 1. The number of carbonyl (C=O) groups is 3. The molecule has 0 spiro atoms. The second kappa shape index (κ2) is 10.7. The maximum atomic E-state index is 12.7. The topological polar surface area (TPSA) is 105 Å². The SMILES string of the molecule is C#CCC(NC(=O)[C@H](CC(C)C)NC(=O)OCC1c2ccccc2-c2ccccc21)C(=O)O. The summed E-state index contributed by atoms with van der Waals surface area (Å²) in [6.07, 6.45) is 4.62. The fraction of sp³-hybridized carbons (Fsp3) is 0.346. The molecule has 3 N–H and O–H groups in total. The van der Waals surface area contributed by atoms with Crippen molar-refractivity contribution in [3.05, 3.63) is 59.7 Å². The quantitative estimate of drug-likeness (QED) is 0.509. The molecule has 0 heterocycles. The zero-order valence-corrected chi connectivity index (χ0v) is 18.7. The van der Waals surface area contributed by atoms with Gasteiger partial charge in [0.2, 0.25) is 5.91 Å². The minimum Gasteiger partial charge on any atom is -0.480 e. The van der Waals surface area contributed by atoms with E-state index in [0.29, 0.717) is 6.42 Å². The molecule has 0 fully saturated rings. The molecule has 0 saturated carbocycles. The van der Waals surface area contributed by atoms with E-state index in [9.17, 15) is 19.5 Å². The number of hydrogen-bond donors (Lipinski definition) is 3. The molecule has 0 aromatic heterocycles. The third kappa shape index (κ3) is 5.72. The number of amides is 2. The van der Waals surface area contributed by atoms with Crippen LogP contribution in [0.2, 0.25) is 0 Å². The van der Waals surface area contributed by atoms with Crippen LogP contribution in [0.4, 0.5) is 4.79 Å². The molecule has 2 aromatic rings. The van der Waals surface area contributed by atoms with Crippen molar-refractivity contribution in [1.82, 2.24) is 10.6 Å². The van der Waals surface area contributed by atoms with Crippen LogP contribution in [0.15, 0.2) is 48.5 Å². The van der Waals surface area contributed by atoms with Gasteiger partial charge >= 0.3 is 12.1 Å². The lowest BCUT2D eigenvalue weighted by atomic mass is 9.98. The summed E-state index contributed by atoms with van der Waals surface area (Å²) in [5.74, 6) is 0.364. The summed E-state index contributed by atoms with van der Waals surface area (Å²) in [4.78, 5) is 36.6. The predicted molar refractivity (Wildman–Crippen MR) is 124 cm³/mol. The average molecular weight is 449 g/mol. The molecule has 1 aliphatic carbocycles. The Bertz CT molecular complexity index is 1030. The molecule has 33 heavy (non-hydrogen) atoms. The van der Waals surface area contributed by atoms with Crippen molar-refractivity contribution in [2.45, 2.75) is 44.7 Å². The van der Waals surface area contributed by atoms with Gasteiger partial charge in [0.05, 0.1) is 0 Å². The predicted octanol–water partition coefficient (Wildman–Crippen LogP) is 3.53. The van der Waals surface area contributed by atoms with Crippen LogP contribution >= 0.6 is 0 Å².